The lowest BCUT2D eigenvalue weighted by Crippen LogP contribution is -3.00. The van der Waals surface area contributed by atoms with Gasteiger partial charge in [0.25, 0.3) is 0 Å². The molecule has 0 saturated heterocycles. The van der Waals surface area contributed by atoms with E-state index >= 15 is 0 Å². The number of hydrogen-bond donors (Lipinski definition) is 0. The van der Waals surface area contributed by atoms with Gasteiger partial charge >= 0.3 is 8.80 Å². The van der Waals surface area contributed by atoms with Gasteiger partial charge in [0.1, 0.15) is 0 Å². The largest absolute Gasteiger partial charge is 1.00 e. The van der Waals surface area contributed by atoms with Gasteiger partial charge in [-0.1, -0.05) is 11.3 Å². The fourth-order valence-electron chi connectivity index (χ4n) is 1.42. The van der Waals surface area contributed by atoms with Crippen LogP contribution >= 0.6 is 11.3 Å². The van der Waals surface area contributed by atoms with Crippen LogP contribution in [0.25, 0.3) is 0 Å². The molecule has 0 aliphatic heterocycles. The van der Waals surface area contributed by atoms with Crippen molar-refractivity contribution in [2.75, 3.05) is 21.3 Å². The predicted octanol–water partition coefficient (Wildman–Crippen LogP) is -1.93. The van der Waals surface area contributed by atoms with E-state index in [1.54, 1.807) is 32.7 Å². The van der Waals surface area contributed by atoms with Crippen molar-refractivity contribution in [1.82, 2.24) is 0 Å². The standard InChI is InChI=1S/C9H18NO3SSi.HI/c1-8-6-14-9(2)10(8)7-15(11-3,12-4)13-5;/h6H,7H2,1-5H3;1H/q+1;/p-1. The summed E-state index contributed by atoms with van der Waals surface area (Å²) in [6, 6.07) is 0. The van der Waals surface area contributed by atoms with Gasteiger partial charge in [-0.3, -0.25) is 0 Å². The maximum absolute atomic E-state index is 5.40. The predicted molar refractivity (Wildman–Crippen MR) is 60.8 cm³/mol. The molecule has 1 aromatic heterocycles. The van der Waals surface area contributed by atoms with Crippen LogP contribution in [0, 0.1) is 13.8 Å². The molecule has 0 aromatic carbocycles. The van der Waals surface area contributed by atoms with Gasteiger partial charge in [0.05, 0.1) is 5.38 Å². The maximum atomic E-state index is 5.40. The highest BCUT2D eigenvalue weighted by Crippen LogP contribution is 2.10. The van der Waals surface area contributed by atoms with Crippen molar-refractivity contribution in [3.63, 3.8) is 0 Å². The molecule has 0 amide bonds. The van der Waals surface area contributed by atoms with Gasteiger partial charge in [-0.15, -0.1) is 0 Å². The third kappa shape index (κ3) is 3.47. The highest BCUT2D eigenvalue weighted by molar-refractivity contribution is 7.09. The molecule has 0 saturated carbocycles. The summed E-state index contributed by atoms with van der Waals surface area (Å²) in [5.41, 5.74) is 1.21. The molecule has 0 unspecified atom stereocenters. The van der Waals surface area contributed by atoms with Crippen molar-refractivity contribution in [2.24, 2.45) is 0 Å². The molecular formula is C9H18INO3SSi. The molecule has 7 heteroatoms. The molecule has 94 valence electrons. The molecule has 4 nitrogen and oxygen atoms in total. The van der Waals surface area contributed by atoms with Gasteiger partial charge in [0.2, 0.25) is 11.2 Å². The zero-order valence-electron chi connectivity index (χ0n) is 10.2. The normalized spacial score (nSPS) is 11.3. The number of hydrogen-bond acceptors (Lipinski definition) is 4. The Balaban J connectivity index is 0.00000225. The number of halogens is 1. The third-order valence-electron chi connectivity index (χ3n) is 2.49. The van der Waals surface area contributed by atoms with E-state index in [1.807, 2.05) is 0 Å². The van der Waals surface area contributed by atoms with Crippen LogP contribution in [0.5, 0.6) is 0 Å². The van der Waals surface area contributed by atoms with Crippen LogP contribution in [0.1, 0.15) is 10.7 Å². The summed E-state index contributed by atoms with van der Waals surface area (Å²) in [5, 5.41) is 3.35. The Labute approximate surface area is 119 Å². The Morgan fingerprint density at radius 1 is 1.19 bits per heavy atom. The molecule has 0 fully saturated rings. The zero-order valence-corrected chi connectivity index (χ0v) is 14.2. The summed E-state index contributed by atoms with van der Waals surface area (Å²) in [6.07, 6.45) is 0.664. The minimum Gasteiger partial charge on any atom is -1.00 e. The van der Waals surface area contributed by atoms with Gasteiger partial charge in [-0.25, -0.2) is 0 Å². The Kier molecular flexibility index (Phi) is 7.22. The van der Waals surface area contributed by atoms with Crippen LogP contribution in [0.2, 0.25) is 0 Å². The van der Waals surface area contributed by atoms with E-state index in [2.05, 4.69) is 23.8 Å². The molecule has 0 bridgehead atoms. The fraction of sp³-hybridized carbons (Fsp3) is 0.667. The van der Waals surface area contributed by atoms with Gasteiger partial charge in [0.15, 0.2) is 5.69 Å². The Morgan fingerprint density at radius 3 is 2.00 bits per heavy atom. The lowest BCUT2D eigenvalue weighted by atomic mass is 10.5. The van der Waals surface area contributed by atoms with Crippen molar-refractivity contribution in [2.45, 2.75) is 20.0 Å². The lowest BCUT2D eigenvalue weighted by molar-refractivity contribution is -0.691. The average molecular weight is 375 g/mol. The van der Waals surface area contributed by atoms with Gasteiger partial charge in [-0.2, -0.15) is 4.57 Å². The molecule has 0 aliphatic rings. The highest BCUT2D eigenvalue weighted by Gasteiger charge is 2.44. The average Bonchev–Trinajstić information content (AvgIpc) is 2.57. The summed E-state index contributed by atoms with van der Waals surface area (Å²) in [7, 11) is 2.39. The number of aromatic nitrogens is 1. The zero-order chi connectivity index (χ0) is 11.5. The monoisotopic (exact) mass is 375 g/mol. The van der Waals surface area contributed by atoms with Crippen LogP contribution in [0.4, 0.5) is 0 Å². The minimum absolute atomic E-state index is 0. The SMILES string of the molecule is CO[Si](C[n+]1c(C)csc1C)(OC)OC.[I-]. The van der Waals surface area contributed by atoms with Gasteiger partial charge in [-0.05, 0) is 0 Å². The molecule has 0 radical (unpaired) electrons. The second-order valence-electron chi connectivity index (χ2n) is 3.28. The second kappa shape index (κ2) is 7.02. The molecular weight excluding hydrogens is 357 g/mol. The Bertz CT molecular complexity index is 303. The van der Waals surface area contributed by atoms with Crippen LogP contribution < -0.4 is 28.5 Å². The molecule has 0 atom stereocenters. The Hall–Kier alpha value is 0.457. The first-order valence-electron chi connectivity index (χ1n) is 4.68. The third-order valence-corrected chi connectivity index (χ3v) is 6.08. The topological polar surface area (TPSA) is 31.6 Å². The van der Waals surface area contributed by atoms with E-state index in [0.717, 1.165) is 0 Å². The first-order valence-corrected chi connectivity index (χ1v) is 7.49. The first-order chi connectivity index (χ1) is 7.08. The fourth-order valence-corrected chi connectivity index (χ4v) is 4.10. The number of thiazole rings is 1. The lowest BCUT2D eigenvalue weighted by Gasteiger charge is -2.21. The summed E-state index contributed by atoms with van der Waals surface area (Å²) in [4.78, 5) is 0. The van der Waals surface area contributed by atoms with E-state index in [1.165, 1.54) is 10.7 Å². The molecule has 16 heavy (non-hydrogen) atoms. The number of aryl methyl sites for hydroxylation is 2. The van der Waals surface area contributed by atoms with Crippen molar-refractivity contribution < 1.29 is 41.8 Å². The summed E-state index contributed by atoms with van der Waals surface area (Å²) >= 11 is 1.72. The van der Waals surface area contributed by atoms with E-state index in [0.29, 0.717) is 6.17 Å². The number of rotatable bonds is 5. The van der Waals surface area contributed by atoms with Crippen LogP contribution in [0.15, 0.2) is 5.38 Å². The van der Waals surface area contributed by atoms with Crippen molar-refractivity contribution in [1.29, 1.82) is 0 Å². The highest BCUT2D eigenvalue weighted by atomic mass is 127. The maximum Gasteiger partial charge on any atom is 0.569 e. The number of nitrogens with zero attached hydrogens (tertiary/aromatic N) is 1. The van der Waals surface area contributed by atoms with E-state index in [4.69, 9.17) is 13.3 Å². The van der Waals surface area contributed by atoms with E-state index in [9.17, 15) is 0 Å². The van der Waals surface area contributed by atoms with Crippen molar-refractivity contribution >= 4 is 20.1 Å². The van der Waals surface area contributed by atoms with Gasteiger partial charge in [0, 0.05) is 35.2 Å². The first kappa shape index (κ1) is 16.5. The summed E-state index contributed by atoms with van der Waals surface area (Å²) in [5.74, 6) is 0. The summed E-state index contributed by atoms with van der Waals surface area (Å²) < 4.78 is 18.4. The minimum atomic E-state index is -2.52. The molecule has 1 heterocycles. The van der Waals surface area contributed by atoms with Crippen LogP contribution in [0.3, 0.4) is 0 Å². The quantitative estimate of drug-likeness (QED) is 0.342. The van der Waals surface area contributed by atoms with E-state index in [-0.39, 0.29) is 24.0 Å². The Morgan fingerprint density at radius 2 is 1.69 bits per heavy atom. The molecule has 1 rings (SSSR count). The van der Waals surface area contributed by atoms with Crippen LogP contribution in [-0.4, -0.2) is 30.1 Å². The second-order valence-corrected chi connectivity index (χ2v) is 7.25. The van der Waals surface area contributed by atoms with Crippen molar-refractivity contribution in [3.05, 3.63) is 16.1 Å². The molecule has 0 aliphatic carbocycles. The van der Waals surface area contributed by atoms with Crippen LogP contribution in [-0.2, 0) is 19.4 Å². The molecule has 0 N–H and O–H groups in total. The van der Waals surface area contributed by atoms with Gasteiger partial charge < -0.3 is 37.3 Å². The summed E-state index contributed by atoms with van der Waals surface area (Å²) in [6.45, 7) is 4.15. The molecule has 0 spiro atoms. The van der Waals surface area contributed by atoms with Crippen molar-refractivity contribution in [3.8, 4) is 0 Å². The molecule has 1 aromatic rings. The van der Waals surface area contributed by atoms with E-state index < -0.39 is 8.80 Å². The smallest absolute Gasteiger partial charge is 0.569 e.